The number of carbonyl (C=O) groups is 1. The lowest BCUT2D eigenvalue weighted by Crippen LogP contribution is -2.16. The number of methoxy groups -OCH3 is 3. The molecular weight excluding hydrogens is 374 g/mol. The van der Waals surface area contributed by atoms with E-state index in [9.17, 15) is 13.2 Å². The molecule has 0 spiro atoms. The van der Waals surface area contributed by atoms with Gasteiger partial charge in [0.2, 0.25) is 0 Å². The summed E-state index contributed by atoms with van der Waals surface area (Å²) >= 11 is 0. The van der Waals surface area contributed by atoms with Gasteiger partial charge >= 0.3 is 5.97 Å². The van der Waals surface area contributed by atoms with Crippen LogP contribution in [0.5, 0.6) is 17.2 Å². The normalized spacial score (nSPS) is 10.8. The zero-order chi connectivity index (χ0) is 20.0. The van der Waals surface area contributed by atoms with Crippen molar-refractivity contribution >= 4 is 21.7 Å². The second kappa shape index (κ2) is 8.63. The minimum absolute atomic E-state index is 0.00776. The highest BCUT2D eigenvalue weighted by Gasteiger charge is 2.22. The molecule has 8 nitrogen and oxygen atoms in total. The van der Waals surface area contributed by atoms with Crippen LogP contribution < -0.4 is 18.9 Å². The van der Waals surface area contributed by atoms with Crippen molar-refractivity contribution in [3.8, 4) is 17.2 Å². The van der Waals surface area contributed by atoms with Crippen molar-refractivity contribution in [2.45, 2.75) is 11.8 Å². The van der Waals surface area contributed by atoms with Crippen molar-refractivity contribution in [2.75, 3.05) is 32.7 Å². The Bertz CT molecular complexity index is 908. The number of rotatable bonds is 8. The van der Waals surface area contributed by atoms with Gasteiger partial charge in [-0.3, -0.25) is 4.72 Å². The lowest BCUT2D eigenvalue weighted by atomic mass is 10.1. The van der Waals surface area contributed by atoms with Crippen LogP contribution in [0.15, 0.2) is 41.3 Å². The highest BCUT2D eigenvalue weighted by atomic mass is 32.2. The summed E-state index contributed by atoms with van der Waals surface area (Å²) in [6.07, 6.45) is 0. The van der Waals surface area contributed by atoms with E-state index in [-0.39, 0.29) is 27.6 Å². The molecule has 0 radical (unpaired) electrons. The van der Waals surface area contributed by atoms with Crippen LogP contribution in [-0.2, 0) is 14.8 Å². The minimum atomic E-state index is -3.96. The molecule has 0 aliphatic rings. The summed E-state index contributed by atoms with van der Waals surface area (Å²) in [4.78, 5) is 12.1. The molecule has 2 aromatic carbocycles. The molecule has 1 N–H and O–H groups in total. The van der Waals surface area contributed by atoms with Gasteiger partial charge in [-0.2, -0.15) is 0 Å². The van der Waals surface area contributed by atoms with Crippen molar-refractivity contribution in [3.63, 3.8) is 0 Å². The van der Waals surface area contributed by atoms with Gasteiger partial charge in [0.05, 0.1) is 44.1 Å². The molecule has 0 aliphatic carbocycles. The highest BCUT2D eigenvalue weighted by Crippen LogP contribution is 2.34. The summed E-state index contributed by atoms with van der Waals surface area (Å²) in [6.45, 7) is 2.30. The van der Waals surface area contributed by atoms with E-state index < -0.39 is 16.0 Å². The van der Waals surface area contributed by atoms with Gasteiger partial charge in [0.1, 0.15) is 5.75 Å². The molecule has 0 heterocycles. The van der Waals surface area contributed by atoms with Gasteiger partial charge in [-0.1, -0.05) is 0 Å². The van der Waals surface area contributed by atoms with Crippen LogP contribution in [0.2, 0.25) is 0 Å². The van der Waals surface area contributed by atoms with Crippen molar-refractivity contribution in [1.29, 1.82) is 0 Å². The van der Waals surface area contributed by atoms with Crippen molar-refractivity contribution in [2.24, 2.45) is 0 Å². The Labute approximate surface area is 158 Å². The number of hydrogen-bond acceptors (Lipinski definition) is 7. The summed E-state index contributed by atoms with van der Waals surface area (Å²) in [7, 11) is 0.0433. The fourth-order valence-corrected chi connectivity index (χ4v) is 3.40. The largest absolute Gasteiger partial charge is 0.494 e. The number of hydrogen-bond donors (Lipinski definition) is 1. The van der Waals surface area contributed by atoms with Gasteiger partial charge in [-0.15, -0.1) is 0 Å². The monoisotopic (exact) mass is 395 g/mol. The Hall–Kier alpha value is -2.94. The van der Waals surface area contributed by atoms with Crippen LogP contribution in [-0.4, -0.2) is 42.3 Å². The van der Waals surface area contributed by atoms with Crippen LogP contribution in [0, 0.1) is 0 Å². The molecule has 0 unspecified atom stereocenters. The van der Waals surface area contributed by atoms with E-state index in [1.165, 1.54) is 45.6 Å². The second-order valence-electron chi connectivity index (χ2n) is 5.25. The van der Waals surface area contributed by atoms with Gasteiger partial charge < -0.3 is 18.9 Å². The lowest BCUT2D eigenvalue weighted by Gasteiger charge is -2.15. The summed E-state index contributed by atoms with van der Waals surface area (Å²) < 4.78 is 48.2. The molecular formula is C18H21NO7S. The lowest BCUT2D eigenvalue weighted by molar-refractivity contribution is 0.0601. The predicted octanol–water partition coefficient (Wildman–Crippen LogP) is 2.69. The molecule has 0 saturated carbocycles. The van der Waals surface area contributed by atoms with Gasteiger partial charge in [-0.05, 0) is 31.2 Å². The Morgan fingerprint density at radius 3 is 2.11 bits per heavy atom. The van der Waals surface area contributed by atoms with Crippen LogP contribution in [0.4, 0.5) is 5.69 Å². The van der Waals surface area contributed by atoms with E-state index in [1.54, 1.807) is 12.1 Å². The average molecular weight is 395 g/mol. The Kier molecular flexibility index (Phi) is 6.51. The molecule has 9 heteroatoms. The van der Waals surface area contributed by atoms with Crippen LogP contribution in [0.3, 0.4) is 0 Å². The summed E-state index contributed by atoms with van der Waals surface area (Å²) in [5.74, 6) is 0.356. The van der Waals surface area contributed by atoms with Crippen molar-refractivity contribution in [3.05, 3.63) is 42.0 Å². The molecule has 0 saturated heterocycles. The van der Waals surface area contributed by atoms with Gasteiger partial charge in [0.15, 0.2) is 11.5 Å². The maximum Gasteiger partial charge on any atom is 0.340 e. The first kappa shape index (κ1) is 20.4. The summed E-state index contributed by atoms with van der Waals surface area (Å²) in [5, 5.41) is 0. The molecule has 0 fully saturated rings. The highest BCUT2D eigenvalue weighted by molar-refractivity contribution is 7.92. The summed E-state index contributed by atoms with van der Waals surface area (Å²) in [5.41, 5.74) is -0.00181. The fraction of sp³-hybridized carbons (Fsp3) is 0.278. The molecule has 0 amide bonds. The van der Waals surface area contributed by atoms with Gasteiger partial charge in [0, 0.05) is 12.1 Å². The zero-order valence-electron chi connectivity index (χ0n) is 15.4. The number of esters is 1. The fourth-order valence-electron chi connectivity index (χ4n) is 2.33. The first-order valence-corrected chi connectivity index (χ1v) is 9.44. The predicted molar refractivity (Wildman–Crippen MR) is 99.3 cm³/mol. The number of nitrogens with one attached hydrogen (secondary N) is 1. The second-order valence-corrected chi connectivity index (χ2v) is 6.94. The Morgan fingerprint density at radius 1 is 1.00 bits per heavy atom. The van der Waals surface area contributed by atoms with Crippen LogP contribution in [0.25, 0.3) is 0 Å². The molecule has 27 heavy (non-hydrogen) atoms. The third kappa shape index (κ3) is 4.62. The van der Waals surface area contributed by atoms with E-state index in [0.29, 0.717) is 12.4 Å². The third-order valence-corrected chi connectivity index (χ3v) is 5.00. The quantitative estimate of drug-likeness (QED) is 0.686. The SMILES string of the molecule is CCOc1ccc(S(=O)(=O)Nc2cc(OC)c(OC)cc2C(=O)OC)cc1. The number of anilines is 1. The number of benzene rings is 2. The van der Waals surface area contributed by atoms with Crippen LogP contribution >= 0.6 is 0 Å². The Balaban J connectivity index is 2.45. The molecule has 0 atom stereocenters. The molecule has 0 bridgehead atoms. The van der Waals surface area contributed by atoms with E-state index in [4.69, 9.17) is 18.9 Å². The average Bonchev–Trinajstić information content (AvgIpc) is 2.67. The standard InChI is InChI=1S/C18H21NO7S/c1-5-26-12-6-8-13(9-7-12)27(21,22)19-15-11-17(24-3)16(23-2)10-14(15)18(20)25-4/h6-11,19H,5H2,1-4H3. The number of sulfonamides is 1. The molecule has 2 aromatic rings. The van der Waals surface area contributed by atoms with E-state index in [0.717, 1.165) is 0 Å². The van der Waals surface area contributed by atoms with Gasteiger partial charge in [0.25, 0.3) is 10.0 Å². The number of ether oxygens (including phenoxy) is 4. The smallest absolute Gasteiger partial charge is 0.340 e. The molecule has 2 rings (SSSR count). The Morgan fingerprint density at radius 2 is 1.59 bits per heavy atom. The first-order valence-electron chi connectivity index (χ1n) is 7.96. The van der Waals surface area contributed by atoms with E-state index in [2.05, 4.69) is 4.72 Å². The maximum absolute atomic E-state index is 12.7. The maximum atomic E-state index is 12.7. The molecule has 0 aliphatic heterocycles. The van der Waals surface area contributed by atoms with E-state index in [1.807, 2.05) is 6.92 Å². The van der Waals surface area contributed by atoms with Crippen molar-refractivity contribution < 1.29 is 32.2 Å². The molecule has 146 valence electrons. The number of carbonyl (C=O) groups excluding carboxylic acids is 1. The van der Waals surface area contributed by atoms with E-state index >= 15 is 0 Å². The molecule has 0 aromatic heterocycles. The zero-order valence-corrected chi connectivity index (χ0v) is 16.3. The first-order chi connectivity index (χ1) is 12.9. The summed E-state index contributed by atoms with van der Waals surface area (Å²) in [6, 6.07) is 8.62. The van der Waals surface area contributed by atoms with Crippen molar-refractivity contribution in [1.82, 2.24) is 0 Å². The minimum Gasteiger partial charge on any atom is -0.494 e. The topological polar surface area (TPSA) is 100 Å². The van der Waals surface area contributed by atoms with Crippen LogP contribution in [0.1, 0.15) is 17.3 Å². The van der Waals surface area contributed by atoms with Gasteiger partial charge in [-0.25, -0.2) is 13.2 Å². The third-order valence-electron chi connectivity index (χ3n) is 3.62.